The second kappa shape index (κ2) is 5.35. The molecule has 0 amide bonds. The van der Waals surface area contributed by atoms with E-state index in [0.29, 0.717) is 12.1 Å². The predicted molar refractivity (Wildman–Crippen MR) is 54.3 cm³/mol. The summed E-state index contributed by atoms with van der Waals surface area (Å²) in [4.78, 5) is 14.3. The van der Waals surface area contributed by atoms with Crippen molar-refractivity contribution in [2.24, 2.45) is 0 Å². The van der Waals surface area contributed by atoms with Crippen molar-refractivity contribution in [3.05, 3.63) is 35.5 Å². The zero-order valence-corrected chi connectivity index (χ0v) is 9.54. The molecule has 0 aliphatic rings. The first kappa shape index (κ1) is 14.1. The molecule has 0 bridgehead atoms. The molecule has 0 N–H and O–H groups in total. The molecule has 0 aliphatic carbocycles. The van der Waals surface area contributed by atoms with E-state index in [9.17, 15) is 26.7 Å². The van der Waals surface area contributed by atoms with E-state index in [2.05, 4.69) is 14.7 Å². The predicted octanol–water partition coefficient (Wildman–Crippen LogP) is 2.53. The Labute approximate surface area is 108 Å². The van der Waals surface area contributed by atoms with Gasteiger partial charge in [0.1, 0.15) is 0 Å². The third kappa shape index (κ3) is 2.81. The Morgan fingerprint density at radius 2 is 1.80 bits per heavy atom. The van der Waals surface area contributed by atoms with Crippen LogP contribution in [-0.2, 0) is 11.2 Å². The van der Waals surface area contributed by atoms with Crippen LogP contribution in [0, 0.1) is 17.5 Å². The highest BCUT2D eigenvalue weighted by Crippen LogP contribution is 2.21. The molecular formula is C11H5F5N2O2. The summed E-state index contributed by atoms with van der Waals surface area (Å²) in [6, 6.07) is 1.23. The zero-order chi connectivity index (χ0) is 14.9. The molecule has 0 atom stereocenters. The molecule has 2 rings (SSSR count). The molecule has 1 aromatic carbocycles. The van der Waals surface area contributed by atoms with Crippen LogP contribution in [0.4, 0.5) is 22.0 Å². The Hall–Kier alpha value is -2.32. The number of Topliss-reactive ketones (excluding diaryl/α,β-unsaturated/α-hetero) is 1. The summed E-state index contributed by atoms with van der Waals surface area (Å²) in [5.41, 5.74) is -0.249. The standard InChI is InChI=1S/C11H5F5N2O2/c12-5-1-4(2-6(13)9(5)14)11-17-8(20-18-11)3-7(19)10(15)16/h1-2,10H,3H2. The van der Waals surface area contributed by atoms with Crippen molar-refractivity contribution in [1.82, 2.24) is 10.1 Å². The van der Waals surface area contributed by atoms with Gasteiger partial charge in [0, 0.05) is 5.56 Å². The second-order valence-electron chi connectivity index (χ2n) is 3.71. The van der Waals surface area contributed by atoms with Crippen LogP contribution in [0.3, 0.4) is 0 Å². The number of carbonyl (C=O) groups excluding carboxylic acids is 1. The lowest BCUT2D eigenvalue weighted by molar-refractivity contribution is -0.129. The first-order valence-corrected chi connectivity index (χ1v) is 5.17. The summed E-state index contributed by atoms with van der Waals surface area (Å²) in [5.74, 6) is -6.80. The van der Waals surface area contributed by atoms with Gasteiger partial charge in [-0.15, -0.1) is 0 Å². The van der Waals surface area contributed by atoms with Crippen LogP contribution < -0.4 is 0 Å². The minimum Gasteiger partial charge on any atom is -0.338 e. The molecule has 1 heterocycles. The molecule has 106 valence electrons. The largest absolute Gasteiger partial charge is 0.338 e. The molecular weight excluding hydrogens is 287 g/mol. The van der Waals surface area contributed by atoms with Crippen molar-refractivity contribution in [1.29, 1.82) is 0 Å². The Kier molecular flexibility index (Phi) is 3.77. The fourth-order valence-electron chi connectivity index (χ4n) is 1.35. The van der Waals surface area contributed by atoms with Crippen LogP contribution in [-0.4, -0.2) is 22.3 Å². The van der Waals surface area contributed by atoms with E-state index >= 15 is 0 Å². The van der Waals surface area contributed by atoms with Crippen LogP contribution in [0.5, 0.6) is 0 Å². The number of rotatable bonds is 4. The van der Waals surface area contributed by atoms with Gasteiger partial charge in [-0.3, -0.25) is 4.79 Å². The minimum atomic E-state index is -3.19. The Morgan fingerprint density at radius 1 is 1.20 bits per heavy atom. The highest BCUT2D eigenvalue weighted by molar-refractivity contribution is 5.83. The maximum atomic E-state index is 13.0. The van der Waals surface area contributed by atoms with Crippen molar-refractivity contribution in [2.45, 2.75) is 12.8 Å². The van der Waals surface area contributed by atoms with Gasteiger partial charge in [0.25, 0.3) is 6.43 Å². The number of alkyl halides is 2. The quantitative estimate of drug-likeness (QED) is 0.642. The average molecular weight is 292 g/mol. The number of hydrogen-bond acceptors (Lipinski definition) is 4. The Bertz CT molecular complexity index is 633. The maximum absolute atomic E-state index is 13.0. The van der Waals surface area contributed by atoms with Gasteiger partial charge in [0.05, 0.1) is 6.42 Å². The molecule has 0 saturated carbocycles. The van der Waals surface area contributed by atoms with E-state index in [-0.39, 0.29) is 11.4 Å². The van der Waals surface area contributed by atoms with Gasteiger partial charge < -0.3 is 4.52 Å². The van der Waals surface area contributed by atoms with E-state index in [1.54, 1.807) is 0 Å². The van der Waals surface area contributed by atoms with Crippen molar-refractivity contribution >= 4 is 5.78 Å². The number of benzene rings is 1. The van der Waals surface area contributed by atoms with Crippen LogP contribution in [0.1, 0.15) is 5.89 Å². The van der Waals surface area contributed by atoms with Crippen molar-refractivity contribution < 1.29 is 31.3 Å². The number of halogens is 5. The first-order valence-electron chi connectivity index (χ1n) is 5.17. The van der Waals surface area contributed by atoms with Gasteiger partial charge in [-0.2, -0.15) is 4.98 Å². The zero-order valence-electron chi connectivity index (χ0n) is 9.54. The van der Waals surface area contributed by atoms with E-state index in [1.807, 2.05) is 0 Å². The molecule has 4 nitrogen and oxygen atoms in total. The summed E-state index contributed by atoms with van der Waals surface area (Å²) < 4.78 is 67.3. The second-order valence-corrected chi connectivity index (χ2v) is 3.71. The van der Waals surface area contributed by atoms with Gasteiger partial charge in [0.15, 0.2) is 17.5 Å². The van der Waals surface area contributed by atoms with Crippen LogP contribution >= 0.6 is 0 Å². The number of carbonyl (C=O) groups is 1. The minimum absolute atomic E-state index is 0.249. The number of aromatic nitrogens is 2. The van der Waals surface area contributed by atoms with E-state index < -0.39 is 42.0 Å². The van der Waals surface area contributed by atoms with Gasteiger partial charge in [-0.05, 0) is 12.1 Å². The van der Waals surface area contributed by atoms with Crippen molar-refractivity contribution in [2.75, 3.05) is 0 Å². The van der Waals surface area contributed by atoms with E-state index in [4.69, 9.17) is 0 Å². The summed E-state index contributed by atoms with van der Waals surface area (Å²) in [7, 11) is 0. The van der Waals surface area contributed by atoms with Crippen molar-refractivity contribution in [3.8, 4) is 11.4 Å². The highest BCUT2D eigenvalue weighted by atomic mass is 19.3. The van der Waals surface area contributed by atoms with E-state index in [0.717, 1.165) is 0 Å². The monoisotopic (exact) mass is 292 g/mol. The van der Waals surface area contributed by atoms with Crippen LogP contribution in [0.15, 0.2) is 16.7 Å². The normalized spacial score (nSPS) is 11.1. The molecule has 9 heteroatoms. The van der Waals surface area contributed by atoms with Crippen LogP contribution in [0.25, 0.3) is 11.4 Å². The lowest BCUT2D eigenvalue weighted by atomic mass is 10.2. The first-order chi connectivity index (χ1) is 9.38. The molecule has 20 heavy (non-hydrogen) atoms. The molecule has 0 spiro atoms. The fourth-order valence-corrected chi connectivity index (χ4v) is 1.35. The third-order valence-corrected chi connectivity index (χ3v) is 2.28. The number of ketones is 1. The Morgan fingerprint density at radius 3 is 2.35 bits per heavy atom. The SMILES string of the molecule is O=C(Cc1nc(-c2cc(F)c(F)c(F)c2)no1)C(F)F. The molecule has 1 aromatic heterocycles. The lowest BCUT2D eigenvalue weighted by Gasteiger charge is -1.98. The summed E-state index contributed by atoms with van der Waals surface area (Å²) in [5, 5.41) is 3.27. The summed E-state index contributed by atoms with van der Waals surface area (Å²) in [6.07, 6.45) is -4.00. The maximum Gasteiger partial charge on any atom is 0.296 e. The molecule has 0 unspecified atom stereocenters. The smallest absolute Gasteiger partial charge is 0.296 e. The Balaban J connectivity index is 2.27. The molecule has 0 radical (unpaired) electrons. The molecule has 0 aliphatic heterocycles. The van der Waals surface area contributed by atoms with Crippen LogP contribution in [0.2, 0.25) is 0 Å². The highest BCUT2D eigenvalue weighted by Gasteiger charge is 2.21. The van der Waals surface area contributed by atoms with Crippen molar-refractivity contribution in [3.63, 3.8) is 0 Å². The number of nitrogens with zero attached hydrogens (tertiary/aromatic N) is 2. The van der Waals surface area contributed by atoms with E-state index in [1.165, 1.54) is 0 Å². The topological polar surface area (TPSA) is 56.0 Å². The van der Waals surface area contributed by atoms with Gasteiger partial charge >= 0.3 is 0 Å². The van der Waals surface area contributed by atoms with Gasteiger partial charge in [-0.1, -0.05) is 5.16 Å². The number of hydrogen-bond donors (Lipinski definition) is 0. The molecule has 0 saturated heterocycles. The van der Waals surface area contributed by atoms with Gasteiger partial charge in [-0.25, -0.2) is 22.0 Å². The summed E-state index contributed by atoms with van der Waals surface area (Å²) in [6.45, 7) is 0. The third-order valence-electron chi connectivity index (χ3n) is 2.28. The summed E-state index contributed by atoms with van der Waals surface area (Å²) >= 11 is 0. The lowest BCUT2D eigenvalue weighted by Crippen LogP contribution is -2.12. The average Bonchev–Trinajstić information content (AvgIpc) is 2.83. The fraction of sp³-hybridized carbons (Fsp3) is 0.182. The van der Waals surface area contributed by atoms with Gasteiger partial charge in [0.2, 0.25) is 17.5 Å². The molecule has 0 fully saturated rings. The molecule has 2 aromatic rings.